The monoisotopic (exact) mass is 367 g/mol. The Morgan fingerprint density at radius 1 is 1.20 bits per heavy atom. The summed E-state index contributed by atoms with van der Waals surface area (Å²) in [5, 5.41) is 3.95. The van der Waals surface area contributed by atoms with Gasteiger partial charge in [0.05, 0.1) is 13.7 Å². The van der Waals surface area contributed by atoms with E-state index in [0.29, 0.717) is 0 Å². The Hall–Kier alpha value is -2.48. The molecule has 136 valence electrons. The van der Waals surface area contributed by atoms with Gasteiger partial charge in [0.2, 0.25) is 0 Å². The van der Waals surface area contributed by atoms with Crippen molar-refractivity contribution in [3.8, 4) is 0 Å². The van der Waals surface area contributed by atoms with Gasteiger partial charge in [-0.3, -0.25) is 0 Å². The molecule has 1 amide bonds. The highest BCUT2D eigenvalue weighted by Gasteiger charge is 2.22. The van der Waals surface area contributed by atoms with Gasteiger partial charge in [0.25, 0.3) is 0 Å². The van der Waals surface area contributed by atoms with Crippen molar-refractivity contribution in [2.45, 2.75) is 19.6 Å². The first-order chi connectivity index (χ1) is 12.1. The molecule has 1 atom stereocenters. The number of hydrogen-bond acceptors (Lipinski definition) is 7. The Morgan fingerprint density at radius 3 is 2.56 bits per heavy atom. The molecule has 0 heterocycles. The largest absolute Gasteiger partial charge is 0.466 e. The summed E-state index contributed by atoms with van der Waals surface area (Å²) in [4.78, 5) is 34.8. The maximum absolute atomic E-state index is 11.9. The first-order valence-electron chi connectivity index (χ1n) is 7.56. The molecule has 8 heteroatoms. The topological polar surface area (TPSA) is 90.9 Å². The second-order valence-corrected chi connectivity index (χ2v) is 5.61. The quantitative estimate of drug-likeness (QED) is 0.407. The standard InChI is InChI=1S/C17H21NO6S/c1-3-23-16(20)14(12-25-10-9-15(19)22-2)18-17(21)24-11-13-7-5-4-6-8-13/h4-10,14H,3,11-12H2,1-2H3,(H,18,21)/b10-9-/t14-/m0/s1. The highest BCUT2D eigenvalue weighted by atomic mass is 32.2. The van der Waals surface area contributed by atoms with E-state index in [1.165, 1.54) is 18.6 Å². The Bertz CT molecular complexity index is 590. The normalized spacial score (nSPS) is 11.6. The summed E-state index contributed by atoms with van der Waals surface area (Å²) in [6, 6.07) is 8.28. The van der Waals surface area contributed by atoms with Crippen LogP contribution in [0.3, 0.4) is 0 Å². The van der Waals surface area contributed by atoms with Gasteiger partial charge in [0.1, 0.15) is 12.6 Å². The van der Waals surface area contributed by atoms with Crippen LogP contribution in [0.25, 0.3) is 0 Å². The SMILES string of the molecule is CCOC(=O)[C@H](CS/C=C\C(=O)OC)NC(=O)OCc1ccccc1. The number of amides is 1. The van der Waals surface area contributed by atoms with E-state index in [1.807, 2.05) is 30.3 Å². The number of thioether (sulfide) groups is 1. The minimum Gasteiger partial charge on any atom is -0.466 e. The predicted octanol–water partition coefficient (Wildman–Crippen LogP) is 2.26. The molecule has 0 aliphatic rings. The zero-order valence-electron chi connectivity index (χ0n) is 14.1. The molecule has 0 saturated carbocycles. The van der Waals surface area contributed by atoms with Gasteiger partial charge in [0, 0.05) is 11.8 Å². The molecule has 0 aliphatic carbocycles. The van der Waals surface area contributed by atoms with E-state index in [-0.39, 0.29) is 19.0 Å². The van der Waals surface area contributed by atoms with Crippen LogP contribution in [0, 0.1) is 0 Å². The number of carbonyl (C=O) groups is 3. The maximum Gasteiger partial charge on any atom is 0.408 e. The van der Waals surface area contributed by atoms with E-state index in [4.69, 9.17) is 9.47 Å². The van der Waals surface area contributed by atoms with E-state index in [9.17, 15) is 14.4 Å². The zero-order valence-corrected chi connectivity index (χ0v) is 14.9. The summed E-state index contributed by atoms with van der Waals surface area (Å²) >= 11 is 1.16. The molecule has 0 saturated heterocycles. The van der Waals surface area contributed by atoms with Crippen molar-refractivity contribution in [1.29, 1.82) is 0 Å². The molecule has 0 spiro atoms. The molecular weight excluding hydrogens is 346 g/mol. The van der Waals surface area contributed by atoms with Crippen molar-refractivity contribution in [3.05, 3.63) is 47.4 Å². The summed E-state index contributed by atoms with van der Waals surface area (Å²) in [6.07, 6.45) is 0.500. The van der Waals surface area contributed by atoms with Crippen molar-refractivity contribution in [3.63, 3.8) is 0 Å². The molecule has 1 aromatic carbocycles. The smallest absolute Gasteiger partial charge is 0.408 e. The van der Waals surface area contributed by atoms with Crippen molar-refractivity contribution in [2.75, 3.05) is 19.5 Å². The van der Waals surface area contributed by atoms with Crippen molar-refractivity contribution >= 4 is 29.8 Å². The number of rotatable bonds is 9. The number of ether oxygens (including phenoxy) is 3. The minimum absolute atomic E-state index is 0.0948. The fourth-order valence-electron chi connectivity index (χ4n) is 1.64. The van der Waals surface area contributed by atoms with Gasteiger partial charge in [-0.1, -0.05) is 30.3 Å². The van der Waals surface area contributed by atoms with Gasteiger partial charge in [0.15, 0.2) is 0 Å². The van der Waals surface area contributed by atoms with Crippen LogP contribution >= 0.6 is 11.8 Å². The molecule has 0 aromatic heterocycles. The lowest BCUT2D eigenvalue weighted by atomic mass is 10.2. The van der Waals surface area contributed by atoms with Crippen LogP contribution < -0.4 is 5.32 Å². The molecule has 0 radical (unpaired) electrons. The minimum atomic E-state index is -0.893. The van der Waals surface area contributed by atoms with Gasteiger partial charge in [-0.05, 0) is 17.9 Å². The summed E-state index contributed by atoms with van der Waals surface area (Å²) in [5.41, 5.74) is 0.834. The molecule has 25 heavy (non-hydrogen) atoms. The summed E-state index contributed by atoms with van der Waals surface area (Å²) in [5.74, 6) is -0.888. The average Bonchev–Trinajstić information content (AvgIpc) is 2.63. The van der Waals surface area contributed by atoms with Crippen LogP contribution in [0.4, 0.5) is 4.79 Å². The van der Waals surface area contributed by atoms with E-state index in [0.717, 1.165) is 17.3 Å². The number of methoxy groups -OCH3 is 1. The molecule has 0 bridgehead atoms. The first-order valence-corrected chi connectivity index (χ1v) is 8.61. The molecule has 1 aromatic rings. The highest BCUT2D eigenvalue weighted by molar-refractivity contribution is 8.02. The van der Waals surface area contributed by atoms with E-state index >= 15 is 0 Å². The Morgan fingerprint density at radius 2 is 1.92 bits per heavy atom. The van der Waals surface area contributed by atoms with E-state index in [1.54, 1.807) is 6.92 Å². The first kappa shape index (κ1) is 20.6. The zero-order chi connectivity index (χ0) is 18.5. The Balaban J connectivity index is 2.51. The van der Waals surface area contributed by atoms with Crippen molar-refractivity contribution < 1.29 is 28.6 Å². The molecule has 0 aliphatic heterocycles. The van der Waals surface area contributed by atoms with Gasteiger partial charge >= 0.3 is 18.0 Å². The lowest BCUT2D eigenvalue weighted by Gasteiger charge is -2.16. The summed E-state index contributed by atoms with van der Waals surface area (Å²) in [7, 11) is 1.27. The van der Waals surface area contributed by atoms with Gasteiger partial charge in [-0.2, -0.15) is 0 Å². The maximum atomic E-state index is 11.9. The molecule has 0 unspecified atom stereocenters. The van der Waals surface area contributed by atoms with E-state index < -0.39 is 24.1 Å². The third-order valence-corrected chi connectivity index (χ3v) is 3.69. The fraction of sp³-hybridized carbons (Fsp3) is 0.353. The number of esters is 2. The predicted molar refractivity (Wildman–Crippen MR) is 93.8 cm³/mol. The lowest BCUT2D eigenvalue weighted by Crippen LogP contribution is -2.43. The third kappa shape index (κ3) is 8.80. The van der Waals surface area contributed by atoms with Gasteiger partial charge in [-0.25, -0.2) is 14.4 Å². The number of nitrogens with one attached hydrogen (secondary N) is 1. The molecule has 1 N–H and O–H groups in total. The average molecular weight is 367 g/mol. The number of alkyl carbamates (subject to hydrolysis) is 1. The van der Waals surface area contributed by atoms with Gasteiger partial charge in [-0.15, -0.1) is 11.8 Å². The fourth-order valence-corrected chi connectivity index (χ4v) is 2.37. The van der Waals surface area contributed by atoms with E-state index in [2.05, 4.69) is 10.1 Å². The second kappa shape index (κ2) is 12.0. The number of benzene rings is 1. The Labute approximate surface area is 150 Å². The van der Waals surface area contributed by atoms with Gasteiger partial charge < -0.3 is 19.5 Å². The van der Waals surface area contributed by atoms with Crippen molar-refractivity contribution in [2.24, 2.45) is 0 Å². The molecule has 7 nitrogen and oxygen atoms in total. The van der Waals surface area contributed by atoms with Crippen LogP contribution in [0.15, 0.2) is 41.8 Å². The van der Waals surface area contributed by atoms with Crippen LogP contribution in [-0.2, 0) is 30.4 Å². The molecule has 0 fully saturated rings. The summed E-state index contributed by atoms with van der Waals surface area (Å²) in [6.45, 7) is 1.96. The van der Waals surface area contributed by atoms with Crippen LogP contribution in [-0.4, -0.2) is 43.5 Å². The van der Waals surface area contributed by atoms with Crippen LogP contribution in [0.2, 0.25) is 0 Å². The Kier molecular flexibility index (Phi) is 9.84. The van der Waals surface area contributed by atoms with Crippen LogP contribution in [0.1, 0.15) is 12.5 Å². The number of carbonyl (C=O) groups excluding carboxylic acids is 3. The molecular formula is C17H21NO6S. The lowest BCUT2D eigenvalue weighted by molar-refractivity contribution is -0.144. The van der Waals surface area contributed by atoms with Crippen LogP contribution in [0.5, 0.6) is 0 Å². The third-order valence-electron chi connectivity index (χ3n) is 2.84. The van der Waals surface area contributed by atoms with Crippen molar-refractivity contribution in [1.82, 2.24) is 5.32 Å². The number of hydrogen-bond donors (Lipinski definition) is 1. The highest BCUT2D eigenvalue weighted by Crippen LogP contribution is 2.08. The second-order valence-electron chi connectivity index (χ2n) is 4.67. The molecule has 1 rings (SSSR count). The summed E-state index contributed by atoms with van der Waals surface area (Å²) < 4.78 is 14.5.